The van der Waals surface area contributed by atoms with Crippen LogP contribution in [0.1, 0.15) is 92.4 Å². The first-order valence-electron chi connectivity index (χ1n) is 15.7. The topological polar surface area (TPSA) is 164 Å². The van der Waals surface area contributed by atoms with E-state index in [1.54, 1.807) is 32.6 Å². The first-order valence-corrected chi connectivity index (χ1v) is 15.7. The molecule has 3 amide bonds. The standard InChI is InChI=1S/C18H32N2O6.C13H20N2O3/c1-6-13(19-17(24)26-18(2,3)4)15(22)20-12(8-7-11-21)9-10-14(20)16(23)25-5;1-9-8-14-7-3-4-10-5-6-11(13(17)18-2)15(10)12(9)16/h12-14,21H,6-11H2,1-5H3,(H,19,24);7,9-11H,3-6,8H2,1-2H3/t12?,13-,14-;9-,10-,11-/m00/s1. The van der Waals surface area contributed by atoms with Crippen LogP contribution in [0.2, 0.25) is 0 Å². The van der Waals surface area contributed by atoms with Crippen molar-refractivity contribution in [2.75, 3.05) is 27.4 Å². The molecular formula is C31H52N4O9. The van der Waals surface area contributed by atoms with Crippen molar-refractivity contribution in [3.05, 3.63) is 0 Å². The van der Waals surface area contributed by atoms with Gasteiger partial charge in [-0.2, -0.15) is 0 Å². The third kappa shape index (κ3) is 10.2. The van der Waals surface area contributed by atoms with Crippen molar-refractivity contribution in [1.82, 2.24) is 15.1 Å². The van der Waals surface area contributed by atoms with E-state index in [1.165, 1.54) is 19.1 Å². The number of rotatable bonds is 8. The van der Waals surface area contributed by atoms with E-state index in [0.29, 0.717) is 45.1 Å². The van der Waals surface area contributed by atoms with Gasteiger partial charge < -0.3 is 34.4 Å². The van der Waals surface area contributed by atoms with Gasteiger partial charge in [0.15, 0.2) is 0 Å². The Labute approximate surface area is 261 Å². The zero-order valence-electron chi connectivity index (χ0n) is 27.4. The molecule has 3 heterocycles. The number of amides is 3. The fraction of sp³-hybridized carbons (Fsp3) is 0.806. The Bertz CT molecular complexity index is 1030. The Kier molecular flexibility index (Phi) is 14.5. The fourth-order valence-electron chi connectivity index (χ4n) is 5.95. The van der Waals surface area contributed by atoms with E-state index in [0.717, 1.165) is 19.3 Å². The summed E-state index contributed by atoms with van der Waals surface area (Å²) in [6, 6.07) is -1.84. The summed E-state index contributed by atoms with van der Waals surface area (Å²) in [6.07, 6.45) is 7.26. The van der Waals surface area contributed by atoms with Gasteiger partial charge in [-0.25, -0.2) is 14.4 Å². The maximum atomic E-state index is 13.1. The zero-order valence-corrected chi connectivity index (χ0v) is 27.4. The lowest BCUT2D eigenvalue weighted by Crippen LogP contribution is -2.54. The lowest BCUT2D eigenvalue weighted by Gasteiger charge is -2.32. The lowest BCUT2D eigenvalue weighted by atomic mass is 10.1. The molecule has 6 atom stereocenters. The number of hydrogen-bond donors (Lipinski definition) is 2. The molecule has 0 radical (unpaired) electrons. The molecule has 3 rings (SSSR count). The summed E-state index contributed by atoms with van der Waals surface area (Å²) < 4.78 is 14.9. The highest BCUT2D eigenvalue weighted by molar-refractivity contribution is 5.90. The van der Waals surface area contributed by atoms with Crippen LogP contribution in [0, 0.1) is 5.92 Å². The number of methoxy groups -OCH3 is 2. The van der Waals surface area contributed by atoms with Gasteiger partial charge in [0.1, 0.15) is 23.7 Å². The molecule has 0 aromatic heterocycles. The van der Waals surface area contributed by atoms with E-state index in [2.05, 4.69) is 10.3 Å². The maximum absolute atomic E-state index is 13.1. The summed E-state index contributed by atoms with van der Waals surface area (Å²) >= 11 is 0. The third-order valence-corrected chi connectivity index (χ3v) is 8.11. The molecule has 2 saturated heterocycles. The van der Waals surface area contributed by atoms with Crippen molar-refractivity contribution in [1.29, 1.82) is 0 Å². The lowest BCUT2D eigenvalue weighted by molar-refractivity contribution is -0.153. The van der Waals surface area contributed by atoms with Crippen LogP contribution in [0.25, 0.3) is 0 Å². The first-order chi connectivity index (χ1) is 20.8. The van der Waals surface area contributed by atoms with E-state index in [-0.39, 0.29) is 42.4 Å². The minimum Gasteiger partial charge on any atom is -0.467 e. The van der Waals surface area contributed by atoms with Gasteiger partial charge in [-0.1, -0.05) is 13.8 Å². The summed E-state index contributed by atoms with van der Waals surface area (Å²) in [4.78, 5) is 68.9. The van der Waals surface area contributed by atoms with Gasteiger partial charge in [-0.15, -0.1) is 0 Å². The highest BCUT2D eigenvalue weighted by Crippen LogP contribution is 2.31. The van der Waals surface area contributed by atoms with E-state index < -0.39 is 35.8 Å². The molecule has 2 fully saturated rings. The van der Waals surface area contributed by atoms with Gasteiger partial charge in [0.05, 0.1) is 20.1 Å². The number of aliphatic imine (C=N–C) groups is 1. The van der Waals surface area contributed by atoms with E-state index in [1.807, 2.05) is 13.1 Å². The van der Waals surface area contributed by atoms with Gasteiger partial charge in [-0.3, -0.25) is 14.6 Å². The van der Waals surface area contributed by atoms with Gasteiger partial charge in [0, 0.05) is 25.2 Å². The molecule has 2 N–H and O–H groups in total. The molecule has 3 aliphatic rings. The molecule has 0 aliphatic carbocycles. The number of nitrogens with one attached hydrogen (secondary N) is 1. The molecule has 1 unspecified atom stereocenters. The van der Waals surface area contributed by atoms with Crippen LogP contribution in [0.15, 0.2) is 4.99 Å². The normalized spacial score (nSPS) is 25.8. The molecule has 250 valence electrons. The maximum Gasteiger partial charge on any atom is 0.408 e. The van der Waals surface area contributed by atoms with Crippen LogP contribution in [0.4, 0.5) is 4.79 Å². The smallest absolute Gasteiger partial charge is 0.408 e. The van der Waals surface area contributed by atoms with Gasteiger partial charge >= 0.3 is 18.0 Å². The van der Waals surface area contributed by atoms with Crippen LogP contribution in [0.3, 0.4) is 0 Å². The van der Waals surface area contributed by atoms with Crippen molar-refractivity contribution in [3.63, 3.8) is 0 Å². The predicted octanol–water partition coefficient (Wildman–Crippen LogP) is 2.61. The summed E-state index contributed by atoms with van der Waals surface area (Å²) in [5, 5.41) is 11.7. The number of carbonyl (C=O) groups excluding carboxylic acids is 5. The average Bonchev–Trinajstić information content (AvgIpc) is 3.61. The molecule has 3 aliphatic heterocycles. The minimum atomic E-state index is -0.785. The first kappa shape index (κ1) is 37.0. The SMILES string of the molecule is CC[C@H](NC(=O)OC(C)(C)C)C(=O)N1C(CCCO)CC[C@H]1C(=O)OC.COC(=O)[C@@H]1CC[C@@H]2CCC=NC[C@H](C)C(=O)N21. The number of ether oxygens (including phenoxy) is 3. The molecule has 0 spiro atoms. The zero-order chi connectivity index (χ0) is 33.0. The average molecular weight is 625 g/mol. The Hall–Kier alpha value is -3.22. The number of esters is 2. The minimum absolute atomic E-state index is 0.0226. The fourth-order valence-corrected chi connectivity index (χ4v) is 5.95. The summed E-state index contributed by atoms with van der Waals surface area (Å²) in [6.45, 7) is 9.42. The molecule has 13 heteroatoms. The van der Waals surface area contributed by atoms with Gasteiger partial charge in [0.25, 0.3) is 0 Å². The molecule has 44 heavy (non-hydrogen) atoms. The Morgan fingerprint density at radius 1 is 1.05 bits per heavy atom. The Morgan fingerprint density at radius 3 is 2.27 bits per heavy atom. The second-order valence-electron chi connectivity index (χ2n) is 12.5. The number of aliphatic hydroxyl groups excluding tert-OH is 1. The quantitative estimate of drug-likeness (QED) is 0.305. The van der Waals surface area contributed by atoms with Crippen LogP contribution in [-0.2, 0) is 33.4 Å². The van der Waals surface area contributed by atoms with E-state index >= 15 is 0 Å². The van der Waals surface area contributed by atoms with Crippen LogP contribution in [-0.4, -0.2) is 114 Å². The van der Waals surface area contributed by atoms with Gasteiger partial charge in [-0.05, 0) is 84.8 Å². The summed E-state index contributed by atoms with van der Waals surface area (Å²) in [5.74, 6) is -1.21. The number of hydrogen-bond acceptors (Lipinski definition) is 10. The molecule has 0 aromatic rings. The van der Waals surface area contributed by atoms with Crippen LogP contribution in [0.5, 0.6) is 0 Å². The van der Waals surface area contributed by atoms with Crippen molar-refractivity contribution in [2.24, 2.45) is 10.9 Å². The molecule has 13 nitrogen and oxygen atoms in total. The van der Waals surface area contributed by atoms with Crippen LogP contribution >= 0.6 is 0 Å². The van der Waals surface area contributed by atoms with Crippen molar-refractivity contribution >= 4 is 36.1 Å². The largest absolute Gasteiger partial charge is 0.467 e. The van der Waals surface area contributed by atoms with Crippen molar-refractivity contribution in [2.45, 2.75) is 128 Å². The summed E-state index contributed by atoms with van der Waals surface area (Å²) in [7, 11) is 2.67. The highest BCUT2D eigenvalue weighted by Gasteiger charge is 2.44. The Morgan fingerprint density at radius 2 is 1.68 bits per heavy atom. The predicted molar refractivity (Wildman–Crippen MR) is 163 cm³/mol. The van der Waals surface area contributed by atoms with E-state index in [4.69, 9.17) is 19.3 Å². The van der Waals surface area contributed by atoms with Crippen molar-refractivity contribution in [3.8, 4) is 0 Å². The van der Waals surface area contributed by atoms with Crippen molar-refractivity contribution < 1.29 is 43.3 Å². The second kappa shape index (κ2) is 17.3. The molecular weight excluding hydrogens is 572 g/mol. The number of aliphatic hydroxyl groups is 1. The van der Waals surface area contributed by atoms with E-state index in [9.17, 15) is 24.0 Å². The number of alkyl carbamates (subject to hydrolysis) is 1. The van der Waals surface area contributed by atoms with Crippen LogP contribution < -0.4 is 5.32 Å². The third-order valence-electron chi connectivity index (χ3n) is 8.11. The Balaban J connectivity index is 0.000000326. The molecule has 0 aromatic carbocycles. The molecule has 0 saturated carbocycles. The number of carbonyl (C=O) groups is 5. The highest BCUT2D eigenvalue weighted by atomic mass is 16.6. The number of likely N-dealkylation sites (tertiary alicyclic amines) is 1. The number of fused-ring (bicyclic) bond motifs is 1. The monoisotopic (exact) mass is 624 g/mol. The second-order valence-corrected chi connectivity index (χ2v) is 12.5. The number of nitrogens with zero attached hydrogens (tertiary/aromatic N) is 3. The summed E-state index contributed by atoms with van der Waals surface area (Å²) in [5.41, 5.74) is -0.669. The molecule has 0 bridgehead atoms. The van der Waals surface area contributed by atoms with Gasteiger partial charge in [0.2, 0.25) is 11.8 Å².